The van der Waals surface area contributed by atoms with Crippen molar-refractivity contribution in [2.45, 2.75) is 19.0 Å². The SMILES string of the molecule is C[C@@](N)(Cc1ccccc1)Nc1nc(-c2ccncc2)nc2cnccc12. The number of hydrogen-bond donors (Lipinski definition) is 2. The highest BCUT2D eigenvalue weighted by Crippen LogP contribution is 2.26. The number of hydrogen-bond acceptors (Lipinski definition) is 6. The van der Waals surface area contributed by atoms with Gasteiger partial charge in [0.25, 0.3) is 0 Å². The minimum atomic E-state index is -0.679. The van der Waals surface area contributed by atoms with Gasteiger partial charge in [0, 0.05) is 36.0 Å². The van der Waals surface area contributed by atoms with Gasteiger partial charge in [-0.25, -0.2) is 9.97 Å². The van der Waals surface area contributed by atoms with Crippen LogP contribution >= 0.6 is 0 Å². The van der Waals surface area contributed by atoms with E-state index >= 15 is 0 Å². The van der Waals surface area contributed by atoms with Gasteiger partial charge in [0.15, 0.2) is 5.82 Å². The molecule has 0 aliphatic rings. The van der Waals surface area contributed by atoms with E-state index in [2.05, 4.69) is 32.4 Å². The minimum Gasteiger partial charge on any atom is -0.352 e. The number of fused-ring (bicyclic) bond motifs is 1. The number of nitrogens with zero attached hydrogens (tertiary/aromatic N) is 4. The molecule has 0 saturated heterocycles. The number of rotatable bonds is 5. The van der Waals surface area contributed by atoms with Crippen molar-refractivity contribution >= 4 is 16.7 Å². The molecule has 0 aliphatic heterocycles. The topological polar surface area (TPSA) is 89.6 Å². The van der Waals surface area contributed by atoms with Gasteiger partial charge < -0.3 is 11.1 Å². The summed E-state index contributed by atoms with van der Waals surface area (Å²) in [6, 6.07) is 15.8. The molecule has 0 aliphatic carbocycles. The number of benzene rings is 1. The molecule has 6 nitrogen and oxygen atoms in total. The van der Waals surface area contributed by atoms with Crippen LogP contribution in [0.5, 0.6) is 0 Å². The van der Waals surface area contributed by atoms with E-state index in [1.807, 2.05) is 43.3 Å². The molecule has 27 heavy (non-hydrogen) atoms. The van der Waals surface area contributed by atoms with Crippen LogP contribution < -0.4 is 11.1 Å². The molecule has 4 aromatic rings. The number of anilines is 1. The molecule has 1 atom stereocenters. The van der Waals surface area contributed by atoms with Gasteiger partial charge in [0.2, 0.25) is 0 Å². The summed E-state index contributed by atoms with van der Waals surface area (Å²) in [7, 11) is 0. The maximum absolute atomic E-state index is 6.56. The van der Waals surface area contributed by atoms with Crippen LogP contribution in [0.25, 0.3) is 22.3 Å². The van der Waals surface area contributed by atoms with E-state index in [0.29, 0.717) is 18.1 Å². The third-order valence-corrected chi connectivity index (χ3v) is 4.26. The molecule has 1 aromatic carbocycles. The summed E-state index contributed by atoms with van der Waals surface area (Å²) in [5, 5.41) is 4.29. The van der Waals surface area contributed by atoms with Gasteiger partial charge in [0.1, 0.15) is 5.82 Å². The lowest BCUT2D eigenvalue weighted by molar-refractivity contribution is 0.532. The molecule has 4 rings (SSSR count). The number of nitrogens with two attached hydrogens (primary N) is 1. The smallest absolute Gasteiger partial charge is 0.162 e. The molecule has 3 N–H and O–H groups in total. The maximum atomic E-state index is 6.56. The number of aromatic nitrogens is 4. The van der Waals surface area contributed by atoms with Gasteiger partial charge in [-0.15, -0.1) is 0 Å². The van der Waals surface area contributed by atoms with Crippen LogP contribution in [0.3, 0.4) is 0 Å². The predicted octanol–water partition coefficient (Wildman–Crippen LogP) is 3.42. The molecule has 6 heteroatoms. The lowest BCUT2D eigenvalue weighted by Gasteiger charge is -2.27. The summed E-state index contributed by atoms with van der Waals surface area (Å²) >= 11 is 0. The van der Waals surface area contributed by atoms with Gasteiger partial charge in [-0.3, -0.25) is 9.97 Å². The molecule has 134 valence electrons. The molecular weight excluding hydrogens is 336 g/mol. The highest BCUT2D eigenvalue weighted by atomic mass is 15.2. The molecule has 0 spiro atoms. The lowest BCUT2D eigenvalue weighted by atomic mass is 10.0. The number of pyridine rings is 2. The second-order valence-corrected chi connectivity index (χ2v) is 6.73. The highest BCUT2D eigenvalue weighted by Gasteiger charge is 2.21. The van der Waals surface area contributed by atoms with E-state index < -0.39 is 5.66 Å². The van der Waals surface area contributed by atoms with Crippen molar-refractivity contribution in [2.24, 2.45) is 5.73 Å². The van der Waals surface area contributed by atoms with Crippen molar-refractivity contribution in [3.63, 3.8) is 0 Å². The first-order valence-corrected chi connectivity index (χ1v) is 8.74. The van der Waals surface area contributed by atoms with E-state index in [1.165, 1.54) is 0 Å². The zero-order valence-corrected chi connectivity index (χ0v) is 15.0. The van der Waals surface area contributed by atoms with Gasteiger partial charge in [-0.2, -0.15) is 0 Å². The highest BCUT2D eigenvalue weighted by molar-refractivity contribution is 5.90. The summed E-state index contributed by atoms with van der Waals surface area (Å²) in [6.07, 6.45) is 7.57. The van der Waals surface area contributed by atoms with E-state index in [1.54, 1.807) is 24.8 Å². The predicted molar refractivity (Wildman–Crippen MR) is 107 cm³/mol. The molecule has 3 heterocycles. The molecule has 3 aromatic heterocycles. The Labute approximate surface area is 157 Å². The Bertz CT molecular complexity index is 1050. The molecule has 0 bridgehead atoms. The Morgan fingerprint density at radius 1 is 0.926 bits per heavy atom. The summed E-state index contributed by atoms with van der Waals surface area (Å²) < 4.78 is 0. The quantitative estimate of drug-likeness (QED) is 0.533. The second kappa shape index (κ2) is 7.09. The first-order chi connectivity index (χ1) is 13.1. The van der Waals surface area contributed by atoms with Gasteiger partial charge in [-0.05, 0) is 30.7 Å². The normalized spacial score (nSPS) is 13.3. The average molecular weight is 356 g/mol. The Kier molecular flexibility index (Phi) is 4.48. The molecular formula is C21H20N6. The Hall–Kier alpha value is -3.38. The maximum Gasteiger partial charge on any atom is 0.162 e. The molecule has 0 amide bonds. The number of nitrogens with one attached hydrogen (secondary N) is 1. The fourth-order valence-corrected chi connectivity index (χ4v) is 3.04. The van der Waals surface area contributed by atoms with Gasteiger partial charge >= 0.3 is 0 Å². The van der Waals surface area contributed by atoms with Crippen molar-refractivity contribution in [3.05, 3.63) is 78.9 Å². The van der Waals surface area contributed by atoms with Crippen molar-refractivity contribution in [1.29, 1.82) is 0 Å². The Balaban J connectivity index is 1.74. The average Bonchev–Trinajstić information content (AvgIpc) is 2.69. The van der Waals surface area contributed by atoms with E-state index in [0.717, 1.165) is 22.0 Å². The fraction of sp³-hybridized carbons (Fsp3) is 0.143. The van der Waals surface area contributed by atoms with Gasteiger partial charge in [0.05, 0.1) is 17.4 Å². The molecule has 0 radical (unpaired) electrons. The largest absolute Gasteiger partial charge is 0.352 e. The summed E-state index contributed by atoms with van der Waals surface area (Å²) in [5.74, 6) is 1.30. The van der Waals surface area contributed by atoms with Crippen LogP contribution in [0, 0.1) is 0 Å². The standard InChI is InChI=1S/C21H20N6/c1-21(22,13-15-5-3-2-4-6-15)27-20-17-9-12-24-14-18(17)25-19(26-20)16-7-10-23-11-8-16/h2-12,14H,13,22H2,1H3,(H,25,26,27)/t21-/m0/s1. The van der Waals surface area contributed by atoms with E-state index in [4.69, 9.17) is 10.7 Å². The zero-order valence-electron chi connectivity index (χ0n) is 15.0. The summed E-state index contributed by atoms with van der Waals surface area (Å²) in [5.41, 5.74) is 8.69. The molecule has 0 fully saturated rings. The Morgan fingerprint density at radius 3 is 2.44 bits per heavy atom. The van der Waals surface area contributed by atoms with Crippen molar-refractivity contribution in [1.82, 2.24) is 19.9 Å². The van der Waals surface area contributed by atoms with Gasteiger partial charge in [-0.1, -0.05) is 30.3 Å². The molecule has 0 unspecified atom stereocenters. The van der Waals surface area contributed by atoms with Crippen LogP contribution in [-0.4, -0.2) is 25.6 Å². The third-order valence-electron chi connectivity index (χ3n) is 4.26. The van der Waals surface area contributed by atoms with Crippen LogP contribution in [0.2, 0.25) is 0 Å². The van der Waals surface area contributed by atoms with Crippen LogP contribution in [0.4, 0.5) is 5.82 Å². The van der Waals surface area contributed by atoms with Crippen molar-refractivity contribution < 1.29 is 0 Å². The summed E-state index contributed by atoms with van der Waals surface area (Å²) in [6.45, 7) is 1.96. The van der Waals surface area contributed by atoms with E-state index in [-0.39, 0.29) is 0 Å². The van der Waals surface area contributed by atoms with Crippen molar-refractivity contribution in [2.75, 3.05) is 5.32 Å². The first-order valence-electron chi connectivity index (χ1n) is 8.74. The lowest BCUT2D eigenvalue weighted by Crippen LogP contribution is -2.47. The summed E-state index contributed by atoms with van der Waals surface area (Å²) in [4.78, 5) is 17.6. The minimum absolute atomic E-state index is 0.607. The van der Waals surface area contributed by atoms with Crippen molar-refractivity contribution in [3.8, 4) is 11.4 Å². The van der Waals surface area contributed by atoms with Crippen LogP contribution in [0.1, 0.15) is 12.5 Å². The fourth-order valence-electron chi connectivity index (χ4n) is 3.04. The Morgan fingerprint density at radius 2 is 1.67 bits per heavy atom. The zero-order chi connectivity index (χ0) is 18.7. The van der Waals surface area contributed by atoms with Crippen LogP contribution in [-0.2, 0) is 6.42 Å². The van der Waals surface area contributed by atoms with E-state index in [9.17, 15) is 0 Å². The van der Waals surface area contributed by atoms with Crippen LogP contribution in [0.15, 0.2) is 73.3 Å². The monoisotopic (exact) mass is 356 g/mol. The first kappa shape index (κ1) is 17.1. The third kappa shape index (κ3) is 3.91. The second-order valence-electron chi connectivity index (χ2n) is 6.73. The molecule has 0 saturated carbocycles.